The maximum absolute atomic E-state index is 12.0. The predicted molar refractivity (Wildman–Crippen MR) is 68.7 cm³/mol. The summed E-state index contributed by atoms with van der Waals surface area (Å²) in [5.74, 6) is 0.0888. The van der Waals surface area contributed by atoms with E-state index in [0.29, 0.717) is 22.8 Å². The lowest BCUT2D eigenvalue weighted by atomic mass is 9.78. The number of carbonyl (C=O) groups is 1. The minimum absolute atomic E-state index is 0.333. The molecular formula is C13H16ClNO3. The zero-order chi connectivity index (χ0) is 13.6. The molecule has 0 saturated heterocycles. The van der Waals surface area contributed by atoms with E-state index in [1.165, 1.54) is 7.11 Å². The summed E-state index contributed by atoms with van der Waals surface area (Å²) in [6, 6.07) is 5.09. The number of nitrogens with two attached hydrogens (primary N) is 1. The highest BCUT2D eigenvalue weighted by atomic mass is 35.5. The van der Waals surface area contributed by atoms with Crippen molar-refractivity contribution in [2.45, 2.75) is 31.4 Å². The third-order valence-corrected chi connectivity index (χ3v) is 3.30. The largest absolute Gasteiger partial charge is 0.487 e. The van der Waals surface area contributed by atoms with Crippen LogP contribution < -0.4 is 10.5 Å². The van der Waals surface area contributed by atoms with Gasteiger partial charge in [-0.2, -0.15) is 0 Å². The van der Waals surface area contributed by atoms with Gasteiger partial charge in [-0.3, -0.25) is 0 Å². The number of benzene rings is 1. The molecule has 5 heteroatoms. The average molecular weight is 270 g/mol. The van der Waals surface area contributed by atoms with Crippen LogP contribution in [0.2, 0.25) is 5.02 Å². The van der Waals surface area contributed by atoms with Crippen LogP contribution in [0.5, 0.6) is 5.75 Å². The van der Waals surface area contributed by atoms with Crippen molar-refractivity contribution < 1.29 is 14.3 Å². The van der Waals surface area contributed by atoms with Gasteiger partial charge in [0.05, 0.1) is 7.11 Å². The van der Waals surface area contributed by atoms with E-state index in [0.717, 1.165) is 0 Å². The van der Waals surface area contributed by atoms with Crippen molar-refractivity contribution in [1.82, 2.24) is 0 Å². The Hall–Kier alpha value is -1.26. The topological polar surface area (TPSA) is 61.5 Å². The monoisotopic (exact) mass is 269 g/mol. The number of esters is 1. The minimum atomic E-state index is -1.23. The van der Waals surface area contributed by atoms with Gasteiger partial charge in [0, 0.05) is 17.0 Å². The third-order valence-electron chi connectivity index (χ3n) is 3.06. The number of fused-ring (bicyclic) bond motifs is 1. The van der Waals surface area contributed by atoms with Gasteiger partial charge in [0.25, 0.3) is 0 Å². The minimum Gasteiger partial charge on any atom is -0.487 e. The predicted octanol–water partition coefficient (Wildman–Crippen LogP) is 2.23. The first-order chi connectivity index (χ1) is 8.28. The zero-order valence-electron chi connectivity index (χ0n) is 10.6. The van der Waals surface area contributed by atoms with Crippen LogP contribution in [0.25, 0.3) is 0 Å². The number of hydrogen-bond donors (Lipinski definition) is 1. The van der Waals surface area contributed by atoms with Crippen molar-refractivity contribution in [2.75, 3.05) is 7.11 Å². The molecule has 1 atom stereocenters. The van der Waals surface area contributed by atoms with Gasteiger partial charge in [0.15, 0.2) is 0 Å². The molecule has 1 aliphatic heterocycles. The van der Waals surface area contributed by atoms with Crippen molar-refractivity contribution in [3.8, 4) is 5.75 Å². The lowest BCUT2D eigenvalue weighted by Crippen LogP contribution is -2.54. The molecule has 18 heavy (non-hydrogen) atoms. The van der Waals surface area contributed by atoms with E-state index < -0.39 is 17.1 Å². The van der Waals surface area contributed by atoms with Crippen molar-refractivity contribution in [3.05, 3.63) is 28.8 Å². The number of rotatable bonds is 1. The molecule has 0 fully saturated rings. The fraction of sp³-hybridized carbons (Fsp3) is 0.462. The lowest BCUT2D eigenvalue weighted by Gasteiger charge is -2.42. The lowest BCUT2D eigenvalue weighted by molar-refractivity contribution is -0.151. The summed E-state index contributed by atoms with van der Waals surface area (Å²) < 4.78 is 10.6. The molecule has 0 bridgehead atoms. The third kappa shape index (κ3) is 2.06. The fourth-order valence-corrected chi connectivity index (χ4v) is 2.58. The molecule has 1 aromatic carbocycles. The number of hydrogen-bond acceptors (Lipinski definition) is 4. The number of methoxy groups -OCH3 is 1. The molecule has 1 aromatic rings. The van der Waals surface area contributed by atoms with E-state index in [4.69, 9.17) is 26.8 Å². The Morgan fingerprint density at radius 2 is 2.17 bits per heavy atom. The fourth-order valence-electron chi connectivity index (χ4n) is 2.40. The summed E-state index contributed by atoms with van der Waals surface area (Å²) in [5.41, 5.74) is 5.06. The van der Waals surface area contributed by atoms with Gasteiger partial charge in [-0.15, -0.1) is 0 Å². The summed E-state index contributed by atoms with van der Waals surface area (Å²) >= 11 is 5.96. The van der Waals surface area contributed by atoms with Gasteiger partial charge in [-0.25, -0.2) is 4.79 Å². The van der Waals surface area contributed by atoms with E-state index in [2.05, 4.69) is 0 Å². The van der Waals surface area contributed by atoms with Crippen LogP contribution in [0.3, 0.4) is 0 Å². The van der Waals surface area contributed by atoms with Crippen LogP contribution in [0.4, 0.5) is 0 Å². The Labute approximate surface area is 111 Å². The maximum Gasteiger partial charge on any atom is 0.330 e. The Kier molecular flexibility index (Phi) is 3.03. The van der Waals surface area contributed by atoms with Gasteiger partial charge in [0.1, 0.15) is 16.9 Å². The molecule has 2 N–H and O–H groups in total. The number of halogens is 1. The average Bonchev–Trinajstić information content (AvgIpc) is 2.28. The van der Waals surface area contributed by atoms with E-state index in [9.17, 15) is 4.79 Å². The molecule has 2 rings (SSSR count). The highest BCUT2D eigenvalue weighted by Gasteiger charge is 2.48. The quantitative estimate of drug-likeness (QED) is 0.794. The molecule has 0 aromatic heterocycles. The number of ether oxygens (including phenoxy) is 2. The molecule has 0 spiro atoms. The molecule has 0 radical (unpaired) electrons. The zero-order valence-corrected chi connectivity index (χ0v) is 11.4. The molecular weight excluding hydrogens is 254 g/mol. The molecule has 1 aliphatic rings. The van der Waals surface area contributed by atoms with Gasteiger partial charge >= 0.3 is 5.97 Å². The molecule has 0 amide bonds. The summed E-state index contributed by atoms with van der Waals surface area (Å²) in [4.78, 5) is 12.0. The Morgan fingerprint density at radius 1 is 1.50 bits per heavy atom. The smallest absolute Gasteiger partial charge is 0.330 e. The van der Waals surface area contributed by atoms with Gasteiger partial charge in [-0.1, -0.05) is 11.6 Å². The van der Waals surface area contributed by atoms with Crippen molar-refractivity contribution in [3.63, 3.8) is 0 Å². The normalized spacial score (nSPS) is 24.9. The first kappa shape index (κ1) is 13.2. The van der Waals surface area contributed by atoms with Crippen LogP contribution in [-0.4, -0.2) is 18.7 Å². The Bertz CT molecular complexity index is 501. The first-order valence-corrected chi connectivity index (χ1v) is 6.03. The van der Waals surface area contributed by atoms with E-state index in [-0.39, 0.29) is 0 Å². The molecule has 0 aliphatic carbocycles. The molecule has 98 valence electrons. The van der Waals surface area contributed by atoms with Gasteiger partial charge in [-0.05, 0) is 32.0 Å². The van der Waals surface area contributed by atoms with Gasteiger partial charge in [0.2, 0.25) is 0 Å². The summed E-state index contributed by atoms with van der Waals surface area (Å²) in [5, 5.41) is 0.510. The summed E-state index contributed by atoms with van der Waals surface area (Å²) in [7, 11) is 1.32. The second-order valence-electron chi connectivity index (χ2n) is 5.14. The molecule has 1 unspecified atom stereocenters. The van der Waals surface area contributed by atoms with Gasteiger partial charge < -0.3 is 15.2 Å². The molecule has 4 nitrogen and oxygen atoms in total. The first-order valence-electron chi connectivity index (χ1n) is 5.65. The maximum atomic E-state index is 12.0. The second-order valence-corrected chi connectivity index (χ2v) is 5.58. The highest BCUT2D eigenvalue weighted by Crippen LogP contribution is 2.43. The second kappa shape index (κ2) is 4.14. The number of carbonyl (C=O) groups excluding carboxylic acids is 1. The Morgan fingerprint density at radius 3 is 2.78 bits per heavy atom. The summed E-state index contributed by atoms with van der Waals surface area (Å²) in [6.45, 7) is 3.77. The van der Waals surface area contributed by atoms with Crippen molar-refractivity contribution in [2.24, 2.45) is 5.73 Å². The van der Waals surface area contributed by atoms with Crippen LogP contribution in [0.1, 0.15) is 25.8 Å². The Balaban J connectivity index is 2.61. The van der Waals surface area contributed by atoms with E-state index in [1.807, 2.05) is 13.8 Å². The highest BCUT2D eigenvalue weighted by molar-refractivity contribution is 6.30. The molecule has 1 heterocycles. The van der Waals surface area contributed by atoms with Crippen LogP contribution in [0, 0.1) is 0 Å². The van der Waals surface area contributed by atoms with Crippen molar-refractivity contribution >= 4 is 17.6 Å². The van der Waals surface area contributed by atoms with Crippen molar-refractivity contribution in [1.29, 1.82) is 0 Å². The summed E-state index contributed by atoms with van der Waals surface area (Å²) in [6.07, 6.45) is 0.333. The van der Waals surface area contributed by atoms with Crippen LogP contribution >= 0.6 is 11.6 Å². The molecule has 0 saturated carbocycles. The SMILES string of the molecule is COC(=O)C1(N)CC(C)(C)Oc2ccc(Cl)cc21. The van der Waals surface area contributed by atoms with Crippen LogP contribution in [-0.2, 0) is 15.1 Å². The van der Waals surface area contributed by atoms with Crippen LogP contribution in [0.15, 0.2) is 18.2 Å². The standard InChI is InChI=1S/C13H16ClNO3/c1-12(2)7-13(15,11(16)17-3)9-6-8(14)4-5-10(9)18-12/h4-6H,7,15H2,1-3H3. The van der Waals surface area contributed by atoms with E-state index >= 15 is 0 Å². The van der Waals surface area contributed by atoms with E-state index in [1.54, 1.807) is 18.2 Å².